The van der Waals surface area contributed by atoms with Crippen molar-refractivity contribution in [3.05, 3.63) is 64.5 Å². The van der Waals surface area contributed by atoms with E-state index in [4.69, 9.17) is 0 Å². The number of likely N-dealkylation sites (tertiary alicyclic amines) is 1. The number of hydrogen-bond acceptors (Lipinski definition) is 5. The van der Waals surface area contributed by atoms with Gasteiger partial charge in [-0.2, -0.15) is 0 Å². The Balaban J connectivity index is 1.81. The van der Waals surface area contributed by atoms with E-state index in [1.807, 2.05) is 18.2 Å². The van der Waals surface area contributed by atoms with Crippen LogP contribution in [0.2, 0.25) is 0 Å². The number of nitro benzene ring substituents is 1. The van der Waals surface area contributed by atoms with Crippen molar-refractivity contribution in [1.29, 1.82) is 0 Å². The van der Waals surface area contributed by atoms with Gasteiger partial charge in [-0.15, -0.1) is 0 Å². The highest BCUT2D eigenvalue weighted by Gasteiger charge is 2.22. The van der Waals surface area contributed by atoms with E-state index in [1.54, 1.807) is 23.4 Å². The molecular formula is C19H16N4O3. The van der Waals surface area contributed by atoms with Crippen molar-refractivity contribution in [3.8, 4) is 11.1 Å². The normalized spacial score (nSPS) is 13.9. The highest BCUT2D eigenvalue weighted by Crippen LogP contribution is 2.29. The highest BCUT2D eigenvalue weighted by molar-refractivity contribution is 5.97. The minimum Gasteiger partial charge on any atom is -0.339 e. The number of nitro groups is 1. The van der Waals surface area contributed by atoms with Gasteiger partial charge in [0.25, 0.3) is 11.6 Å². The summed E-state index contributed by atoms with van der Waals surface area (Å²) in [5.41, 5.74) is 3.07. The molecule has 0 saturated carbocycles. The van der Waals surface area contributed by atoms with Gasteiger partial charge in [-0.3, -0.25) is 24.9 Å². The van der Waals surface area contributed by atoms with Gasteiger partial charge in [-0.25, -0.2) is 0 Å². The SMILES string of the molecule is O=C(c1cc(-c2ccc3nccnc3c2)cc([N+](=O)[O-])c1)N1CCCC1. The molecule has 0 bridgehead atoms. The first-order valence-electron chi connectivity index (χ1n) is 8.42. The Labute approximate surface area is 149 Å². The molecule has 26 heavy (non-hydrogen) atoms. The maximum atomic E-state index is 12.7. The van der Waals surface area contributed by atoms with E-state index in [0.29, 0.717) is 29.7 Å². The Bertz CT molecular complexity index is 1010. The van der Waals surface area contributed by atoms with Crippen LogP contribution >= 0.6 is 0 Å². The molecule has 1 amide bonds. The number of fused-ring (bicyclic) bond motifs is 1. The topological polar surface area (TPSA) is 89.2 Å². The second-order valence-corrected chi connectivity index (χ2v) is 6.28. The van der Waals surface area contributed by atoms with Crippen LogP contribution in [0, 0.1) is 10.1 Å². The number of nitrogens with zero attached hydrogens (tertiary/aromatic N) is 4. The van der Waals surface area contributed by atoms with E-state index < -0.39 is 4.92 Å². The second kappa shape index (κ2) is 6.51. The van der Waals surface area contributed by atoms with Crippen LogP contribution in [-0.4, -0.2) is 38.8 Å². The summed E-state index contributed by atoms with van der Waals surface area (Å²) in [6.45, 7) is 1.39. The van der Waals surface area contributed by atoms with E-state index in [0.717, 1.165) is 23.9 Å². The number of carbonyl (C=O) groups excluding carboxylic acids is 1. The zero-order valence-electron chi connectivity index (χ0n) is 14.0. The molecule has 3 aromatic rings. The number of non-ortho nitro benzene ring substituents is 1. The van der Waals surface area contributed by atoms with E-state index in [1.165, 1.54) is 12.1 Å². The molecule has 1 fully saturated rings. The van der Waals surface area contributed by atoms with Gasteiger partial charge in [0.15, 0.2) is 0 Å². The third-order valence-electron chi connectivity index (χ3n) is 4.57. The molecule has 2 heterocycles. The van der Waals surface area contributed by atoms with Crippen LogP contribution in [0.3, 0.4) is 0 Å². The minimum absolute atomic E-state index is 0.0933. The lowest BCUT2D eigenvalue weighted by atomic mass is 10.0. The van der Waals surface area contributed by atoms with Crippen molar-refractivity contribution in [2.24, 2.45) is 0 Å². The average molecular weight is 348 g/mol. The molecule has 130 valence electrons. The van der Waals surface area contributed by atoms with Crippen molar-refractivity contribution >= 4 is 22.6 Å². The van der Waals surface area contributed by atoms with E-state index in [9.17, 15) is 14.9 Å². The van der Waals surface area contributed by atoms with Crippen molar-refractivity contribution in [1.82, 2.24) is 14.9 Å². The van der Waals surface area contributed by atoms with Crippen molar-refractivity contribution < 1.29 is 9.72 Å². The third-order valence-corrected chi connectivity index (χ3v) is 4.57. The highest BCUT2D eigenvalue weighted by atomic mass is 16.6. The Hall–Kier alpha value is -3.35. The molecule has 0 unspecified atom stereocenters. The molecule has 1 aromatic heterocycles. The fourth-order valence-corrected chi connectivity index (χ4v) is 3.25. The number of aromatic nitrogens is 2. The average Bonchev–Trinajstić information content (AvgIpc) is 3.21. The first kappa shape index (κ1) is 16.1. The lowest BCUT2D eigenvalue weighted by molar-refractivity contribution is -0.384. The fourth-order valence-electron chi connectivity index (χ4n) is 3.25. The molecule has 0 atom stereocenters. The van der Waals surface area contributed by atoms with Crippen molar-refractivity contribution in [3.63, 3.8) is 0 Å². The molecule has 1 saturated heterocycles. The minimum atomic E-state index is -0.467. The maximum absolute atomic E-state index is 12.7. The molecule has 0 radical (unpaired) electrons. The molecule has 0 spiro atoms. The van der Waals surface area contributed by atoms with Gasteiger partial charge in [-0.1, -0.05) is 6.07 Å². The molecule has 2 aromatic carbocycles. The largest absolute Gasteiger partial charge is 0.339 e. The molecule has 7 heteroatoms. The maximum Gasteiger partial charge on any atom is 0.270 e. The molecule has 0 aliphatic carbocycles. The summed E-state index contributed by atoms with van der Waals surface area (Å²) in [5.74, 6) is -0.159. The van der Waals surface area contributed by atoms with Crippen molar-refractivity contribution in [2.45, 2.75) is 12.8 Å². The zero-order chi connectivity index (χ0) is 18.1. The third kappa shape index (κ3) is 2.99. The van der Waals surface area contributed by atoms with E-state index >= 15 is 0 Å². The molecule has 1 aliphatic heterocycles. The van der Waals surface area contributed by atoms with Crippen LogP contribution in [0.5, 0.6) is 0 Å². The van der Waals surface area contributed by atoms with Gasteiger partial charge in [0.2, 0.25) is 0 Å². The lowest BCUT2D eigenvalue weighted by Crippen LogP contribution is -2.27. The first-order valence-corrected chi connectivity index (χ1v) is 8.42. The van der Waals surface area contributed by atoms with Gasteiger partial charge in [0, 0.05) is 43.2 Å². The molecule has 1 aliphatic rings. The summed E-state index contributed by atoms with van der Waals surface area (Å²) in [6.07, 6.45) is 5.15. The summed E-state index contributed by atoms with van der Waals surface area (Å²) in [7, 11) is 0. The van der Waals surface area contributed by atoms with Crippen LogP contribution in [0.4, 0.5) is 5.69 Å². The van der Waals surface area contributed by atoms with Crippen LogP contribution in [0.1, 0.15) is 23.2 Å². The predicted octanol–water partition coefficient (Wildman–Crippen LogP) is 3.44. The number of hydrogen-bond donors (Lipinski definition) is 0. The van der Waals surface area contributed by atoms with Crippen molar-refractivity contribution in [2.75, 3.05) is 13.1 Å². The van der Waals surface area contributed by atoms with Gasteiger partial charge in [0.05, 0.1) is 16.0 Å². The van der Waals surface area contributed by atoms with Gasteiger partial charge >= 0.3 is 0 Å². The smallest absolute Gasteiger partial charge is 0.270 e. The zero-order valence-corrected chi connectivity index (χ0v) is 14.0. The predicted molar refractivity (Wildman–Crippen MR) is 96.8 cm³/mol. The molecule has 4 rings (SSSR count). The number of amides is 1. The summed E-state index contributed by atoms with van der Waals surface area (Å²) >= 11 is 0. The van der Waals surface area contributed by atoms with Crippen LogP contribution in [0.25, 0.3) is 22.2 Å². The number of carbonyl (C=O) groups is 1. The lowest BCUT2D eigenvalue weighted by Gasteiger charge is -2.16. The van der Waals surface area contributed by atoms with Gasteiger partial charge in [0.1, 0.15) is 0 Å². The van der Waals surface area contributed by atoms with Crippen LogP contribution < -0.4 is 0 Å². The Morgan fingerprint density at radius 2 is 1.69 bits per heavy atom. The summed E-state index contributed by atoms with van der Waals surface area (Å²) in [5, 5.41) is 11.4. The monoisotopic (exact) mass is 348 g/mol. The standard InChI is InChI=1S/C19H16N4O3/c24-19(22-7-1-2-8-22)15-9-14(10-16(11-15)23(25)26)13-3-4-17-18(12-13)21-6-5-20-17/h3-6,9-12H,1-2,7-8H2. The Morgan fingerprint density at radius 3 is 2.42 bits per heavy atom. The Kier molecular flexibility index (Phi) is 4.04. The van der Waals surface area contributed by atoms with Gasteiger partial charge in [-0.05, 0) is 42.2 Å². The molecular weight excluding hydrogens is 332 g/mol. The quantitative estimate of drug-likeness (QED) is 0.534. The molecule has 7 nitrogen and oxygen atoms in total. The first-order chi connectivity index (χ1) is 12.6. The van der Waals surface area contributed by atoms with Crippen LogP contribution in [-0.2, 0) is 0 Å². The Morgan fingerprint density at radius 1 is 0.962 bits per heavy atom. The summed E-state index contributed by atoms with van der Waals surface area (Å²) < 4.78 is 0. The molecule has 0 N–H and O–H groups in total. The van der Waals surface area contributed by atoms with E-state index in [2.05, 4.69) is 9.97 Å². The van der Waals surface area contributed by atoms with E-state index in [-0.39, 0.29) is 11.6 Å². The number of benzene rings is 2. The number of rotatable bonds is 3. The summed E-state index contributed by atoms with van der Waals surface area (Å²) in [6, 6.07) is 10.0. The fraction of sp³-hybridized carbons (Fsp3) is 0.211. The van der Waals surface area contributed by atoms with Crippen LogP contribution in [0.15, 0.2) is 48.8 Å². The summed E-state index contributed by atoms with van der Waals surface area (Å²) in [4.78, 5) is 33.8. The van der Waals surface area contributed by atoms with Gasteiger partial charge < -0.3 is 4.90 Å². The second-order valence-electron chi connectivity index (χ2n) is 6.28.